The van der Waals surface area contributed by atoms with Crippen molar-refractivity contribution in [2.45, 2.75) is 49.2 Å². The van der Waals surface area contributed by atoms with Gasteiger partial charge >= 0.3 is 13.5 Å². The van der Waals surface area contributed by atoms with E-state index in [1.807, 2.05) is 0 Å². The molecule has 3 fully saturated rings. The molecule has 7 heterocycles. The minimum atomic E-state index is -4.54. The van der Waals surface area contributed by atoms with Crippen molar-refractivity contribution in [1.29, 1.82) is 0 Å². The number of nitrogens with two attached hydrogens (primary N) is 2. The molecule has 26 heteroatoms. The first-order chi connectivity index (χ1) is 21.7. The van der Waals surface area contributed by atoms with Gasteiger partial charge in [-0.05, 0) is 11.8 Å². The Hall–Kier alpha value is -2.89. The third kappa shape index (κ3) is 5.56. The molecule has 0 radical (unpaired) electrons. The van der Waals surface area contributed by atoms with Gasteiger partial charge in [0.1, 0.15) is 24.4 Å². The zero-order valence-electron chi connectivity index (χ0n) is 22.7. The molecule has 4 bridgehead atoms. The lowest BCUT2D eigenvalue weighted by molar-refractivity contribution is -0.0592. The van der Waals surface area contributed by atoms with Gasteiger partial charge in [-0.1, -0.05) is 12.2 Å². The Morgan fingerprint density at radius 1 is 0.891 bits per heavy atom. The molecule has 0 aliphatic carbocycles. The Balaban J connectivity index is 1.23. The fourth-order valence-electron chi connectivity index (χ4n) is 5.29. The fraction of sp³-hybridized carbons (Fsp3) is 0.500. The molecule has 0 saturated carbocycles. The van der Waals surface area contributed by atoms with E-state index in [1.165, 1.54) is 0 Å². The van der Waals surface area contributed by atoms with Gasteiger partial charge in [-0.15, -0.1) is 0 Å². The van der Waals surface area contributed by atoms with Crippen molar-refractivity contribution in [2.75, 3.05) is 24.7 Å². The average molecular weight is 727 g/mol. The number of fused-ring (bicyclic) bond motifs is 6. The lowest BCUT2D eigenvalue weighted by Gasteiger charge is -2.26. The number of rotatable bonds is 2. The zero-order chi connectivity index (χ0) is 32.7. The minimum Gasteiger partial charge on any atom is -0.369 e. The number of anilines is 2. The molecule has 4 aromatic rings. The number of nitrogens with one attached hydrogen (secondary N) is 2. The number of aromatic amines is 2. The molecule has 10 atom stereocenters. The normalized spacial score (nSPS) is 37.1. The van der Waals surface area contributed by atoms with E-state index in [0.717, 1.165) is 21.8 Å². The standard InChI is InChI=1S/C20H22F2N10O10P2S2/c21-7-5-1-37-43(35,45)41-12-8(22)6(40-18(12)32-4-26-10-14(32)28-20(24)30-16(10)34)2-38-44(36,46)42-11(7)17(39-5)31-3-25-9-13(31)27-19(23)29-15(9)33/h3-8,11-12,17-18H,1-2H2,(H,35,45)(H,36,46)(H3,23,27,29,33)(H3,24,28,30,34)/t5-,6-,7+,8?,11-,12-,17-,18-,43?,44?/m1/s1. The molecule has 0 aromatic carbocycles. The highest BCUT2D eigenvalue weighted by molar-refractivity contribution is 8.44. The highest BCUT2D eigenvalue weighted by Gasteiger charge is 2.54. The van der Waals surface area contributed by atoms with Gasteiger partial charge in [-0.3, -0.25) is 42.3 Å². The summed E-state index contributed by atoms with van der Waals surface area (Å²) >= 11 is 9.07. The van der Waals surface area contributed by atoms with Gasteiger partial charge in [0.2, 0.25) is 11.9 Å². The first-order valence-electron chi connectivity index (χ1n) is 13.1. The summed E-state index contributed by atoms with van der Waals surface area (Å²) < 4.78 is 80.8. The Bertz CT molecular complexity index is 1920. The lowest BCUT2D eigenvalue weighted by atomic mass is 10.1. The molecule has 20 nitrogen and oxygen atoms in total. The first kappa shape index (κ1) is 31.7. The van der Waals surface area contributed by atoms with Crippen LogP contribution in [0, 0.1) is 0 Å². The van der Waals surface area contributed by atoms with Crippen LogP contribution in [0.5, 0.6) is 0 Å². The smallest absolute Gasteiger partial charge is 0.369 e. The summed E-state index contributed by atoms with van der Waals surface area (Å²) in [7, 11) is 0. The molecule has 3 unspecified atom stereocenters. The maximum absolute atomic E-state index is 15.9. The summed E-state index contributed by atoms with van der Waals surface area (Å²) in [6.07, 6.45) is -11.7. The van der Waals surface area contributed by atoms with E-state index < -0.39 is 87.1 Å². The summed E-state index contributed by atoms with van der Waals surface area (Å²) in [5.41, 5.74) is 9.35. The second-order valence-electron chi connectivity index (χ2n) is 10.2. The van der Waals surface area contributed by atoms with E-state index in [-0.39, 0.29) is 34.2 Å². The highest BCUT2D eigenvalue weighted by atomic mass is 32.7. The molecule has 46 heavy (non-hydrogen) atoms. The predicted molar refractivity (Wildman–Crippen MR) is 157 cm³/mol. The van der Waals surface area contributed by atoms with E-state index in [9.17, 15) is 19.0 Å². The van der Waals surface area contributed by atoms with Gasteiger partial charge in [0.05, 0.1) is 25.9 Å². The number of thiol groups is 1. The van der Waals surface area contributed by atoms with Crippen LogP contribution in [0.2, 0.25) is 0 Å². The number of nitrogens with zero attached hydrogens (tertiary/aromatic N) is 6. The Labute approximate surface area is 263 Å². The van der Waals surface area contributed by atoms with E-state index in [1.54, 1.807) is 0 Å². The minimum absolute atomic E-state index is 0.121. The van der Waals surface area contributed by atoms with Crippen molar-refractivity contribution in [3.63, 3.8) is 0 Å². The van der Waals surface area contributed by atoms with Crippen LogP contribution in [0.4, 0.5) is 20.7 Å². The van der Waals surface area contributed by atoms with Crippen LogP contribution in [0.25, 0.3) is 22.3 Å². The Morgan fingerprint density at radius 3 is 1.85 bits per heavy atom. The first-order valence-corrected chi connectivity index (χ1v) is 18.3. The predicted octanol–water partition coefficient (Wildman–Crippen LogP) is -0.0399. The van der Waals surface area contributed by atoms with Crippen LogP contribution in [-0.2, 0) is 43.9 Å². The van der Waals surface area contributed by atoms with Gasteiger partial charge in [0.25, 0.3) is 11.1 Å². The third-order valence-electron chi connectivity index (χ3n) is 7.29. The van der Waals surface area contributed by atoms with Crippen LogP contribution in [-0.4, -0.2) is 93.9 Å². The van der Waals surface area contributed by atoms with E-state index >= 15 is 8.78 Å². The number of hydrogen-bond donors (Lipinski definition) is 6. The van der Waals surface area contributed by atoms with Crippen molar-refractivity contribution in [3.05, 3.63) is 33.4 Å². The van der Waals surface area contributed by atoms with Gasteiger partial charge < -0.3 is 30.4 Å². The van der Waals surface area contributed by atoms with Crippen LogP contribution in [0.1, 0.15) is 12.5 Å². The van der Waals surface area contributed by atoms with Crippen LogP contribution >= 0.6 is 25.8 Å². The molecule has 248 valence electrons. The Kier molecular flexibility index (Phi) is 7.84. The molecular formula is C20H22F2N10O10P2S2. The van der Waals surface area contributed by atoms with Crippen molar-refractivity contribution in [1.82, 2.24) is 39.0 Å². The highest BCUT2D eigenvalue weighted by Crippen LogP contribution is 2.58. The van der Waals surface area contributed by atoms with Crippen molar-refractivity contribution >= 4 is 71.8 Å². The van der Waals surface area contributed by atoms with Crippen LogP contribution in [0.3, 0.4) is 0 Å². The van der Waals surface area contributed by atoms with Gasteiger partial charge in [-0.2, -0.15) is 9.97 Å². The van der Waals surface area contributed by atoms with Gasteiger partial charge in [-0.25, -0.2) is 23.3 Å². The largest absolute Gasteiger partial charge is 0.386 e. The number of aromatic nitrogens is 8. The number of H-pyrrole nitrogens is 2. The van der Waals surface area contributed by atoms with Crippen molar-refractivity contribution < 1.29 is 45.8 Å². The molecule has 3 aliphatic heterocycles. The van der Waals surface area contributed by atoms with Crippen molar-refractivity contribution in [3.8, 4) is 0 Å². The van der Waals surface area contributed by atoms with Crippen LogP contribution in [0.15, 0.2) is 22.2 Å². The molecule has 0 amide bonds. The molecule has 4 aromatic heterocycles. The maximum Gasteiger partial charge on any atom is 0.386 e. The average Bonchev–Trinajstić information content (AvgIpc) is 3.72. The van der Waals surface area contributed by atoms with Crippen molar-refractivity contribution in [2.24, 2.45) is 0 Å². The number of imidazole rings is 2. The molecular weight excluding hydrogens is 704 g/mol. The van der Waals surface area contributed by atoms with E-state index in [2.05, 4.69) is 42.2 Å². The molecule has 0 spiro atoms. The molecule has 7 N–H and O–H groups in total. The molecule has 3 aliphatic rings. The number of halogens is 2. The Morgan fingerprint density at radius 2 is 1.35 bits per heavy atom. The third-order valence-corrected chi connectivity index (χ3v) is 10.5. The van der Waals surface area contributed by atoms with Gasteiger partial charge in [0.15, 0.2) is 47.1 Å². The van der Waals surface area contributed by atoms with E-state index in [4.69, 9.17) is 50.8 Å². The summed E-state index contributed by atoms with van der Waals surface area (Å²) in [6, 6.07) is 0. The number of nitrogen functional groups attached to an aromatic ring is 2. The fourth-order valence-corrected chi connectivity index (χ4v) is 8.15. The molecule has 3 saturated heterocycles. The maximum atomic E-state index is 15.9. The second kappa shape index (κ2) is 11.4. The van der Waals surface area contributed by atoms with E-state index in [0.29, 0.717) is 0 Å². The summed E-state index contributed by atoms with van der Waals surface area (Å²) in [4.78, 5) is 56.1. The summed E-state index contributed by atoms with van der Waals surface area (Å²) in [5.74, 6) is -0.563. The zero-order valence-corrected chi connectivity index (χ0v) is 26.2. The van der Waals surface area contributed by atoms with Gasteiger partial charge in [0, 0.05) is 0 Å². The second-order valence-corrected chi connectivity index (χ2v) is 15.9. The SMILES string of the molecule is Nc1nc2c(ncn2[C@@H]2O[C@@H]3COP(O)(=S)O[C@@H]4C(F)[C@@H](COP(=O)(S)O[C@@H]2[C@H]3F)O[C@H]4n2cnc3c(=O)[nH]c(N)nc32)c(=O)[nH]1. The molecule has 7 rings (SSSR count). The monoisotopic (exact) mass is 726 g/mol. The number of hydrogen-bond acceptors (Lipinski definition) is 16. The summed E-state index contributed by atoms with van der Waals surface area (Å²) in [6.45, 7) is -10.5. The lowest BCUT2D eigenvalue weighted by Crippen LogP contribution is -2.34. The number of alkyl halides is 2. The van der Waals surface area contributed by atoms with Crippen LogP contribution < -0.4 is 22.6 Å². The topological polar surface area (TPSA) is 272 Å². The summed E-state index contributed by atoms with van der Waals surface area (Å²) in [5, 5.41) is 0. The quantitative estimate of drug-likeness (QED) is 0.117. The number of ether oxygens (including phenoxy) is 2.